The smallest absolute Gasteiger partial charge is 0.0207 e. The standard InChI is InChI=1S/C18H20Br2/c1-2-14-7-9-15(10-8-14)11-16(13-19)12-17-5-3-4-6-18(17)20/h3-10,16H,2,11-13H2,1H3. The molecule has 0 fully saturated rings. The molecular formula is C18H20Br2. The number of halogens is 2. The molecule has 2 aromatic rings. The first kappa shape index (κ1) is 15.8. The lowest BCUT2D eigenvalue weighted by molar-refractivity contribution is 0.590. The lowest BCUT2D eigenvalue weighted by Crippen LogP contribution is -2.10. The molecule has 0 radical (unpaired) electrons. The van der Waals surface area contributed by atoms with Crippen molar-refractivity contribution in [2.75, 3.05) is 5.33 Å². The molecule has 2 aromatic carbocycles. The minimum Gasteiger partial charge on any atom is -0.0925 e. The number of alkyl halides is 1. The molecule has 0 aromatic heterocycles. The van der Waals surface area contributed by atoms with Crippen molar-refractivity contribution in [1.82, 2.24) is 0 Å². The average molecular weight is 396 g/mol. The van der Waals surface area contributed by atoms with Crippen LogP contribution >= 0.6 is 31.9 Å². The Morgan fingerprint density at radius 2 is 1.55 bits per heavy atom. The first-order valence-electron chi connectivity index (χ1n) is 7.10. The zero-order valence-corrected chi connectivity index (χ0v) is 15.0. The molecule has 0 aliphatic heterocycles. The molecule has 0 aliphatic carbocycles. The number of hydrogen-bond acceptors (Lipinski definition) is 0. The molecule has 106 valence electrons. The van der Waals surface area contributed by atoms with Crippen LogP contribution in [0.4, 0.5) is 0 Å². The van der Waals surface area contributed by atoms with E-state index >= 15 is 0 Å². The molecule has 2 heteroatoms. The first-order chi connectivity index (χ1) is 9.72. The van der Waals surface area contributed by atoms with Gasteiger partial charge in [-0.2, -0.15) is 0 Å². The largest absolute Gasteiger partial charge is 0.0925 e. The van der Waals surface area contributed by atoms with Gasteiger partial charge in [0.25, 0.3) is 0 Å². The summed E-state index contributed by atoms with van der Waals surface area (Å²) in [4.78, 5) is 0. The fourth-order valence-electron chi connectivity index (χ4n) is 2.40. The van der Waals surface area contributed by atoms with Gasteiger partial charge in [-0.25, -0.2) is 0 Å². The maximum atomic E-state index is 3.67. The summed E-state index contributed by atoms with van der Waals surface area (Å²) in [6.07, 6.45) is 3.33. The molecule has 0 amide bonds. The highest BCUT2D eigenvalue weighted by atomic mass is 79.9. The topological polar surface area (TPSA) is 0 Å². The molecule has 20 heavy (non-hydrogen) atoms. The van der Waals surface area contributed by atoms with E-state index in [1.165, 1.54) is 21.2 Å². The molecule has 0 spiro atoms. The van der Waals surface area contributed by atoms with Gasteiger partial charge in [-0.3, -0.25) is 0 Å². The van der Waals surface area contributed by atoms with E-state index in [1.54, 1.807) is 0 Å². The minimum absolute atomic E-state index is 0.626. The van der Waals surface area contributed by atoms with Crippen LogP contribution in [0.2, 0.25) is 0 Å². The highest BCUT2D eigenvalue weighted by molar-refractivity contribution is 9.10. The van der Waals surface area contributed by atoms with Crippen LogP contribution in [0.25, 0.3) is 0 Å². The quantitative estimate of drug-likeness (QED) is 0.541. The minimum atomic E-state index is 0.626. The predicted molar refractivity (Wildman–Crippen MR) is 94.7 cm³/mol. The monoisotopic (exact) mass is 394 g/mol. The van der Waals surface area contributed by atoms with Gasteiger partial charge in [-0.1, -0.05) is 81.2 Å². The molecule has 0 nitrogen and oxygen atoms in total. The summed E-state index contributed by atoms with van der Waals surface area (Å²) in [7, 11) is 0. The van der Waals surface area contributed by atoms with Gasteiger partial charge < -0.3 is 0 Å². The molecule has 0 saturated heterocycles. The second-order valence-corrected chi connectivity index (χ2v) is 6.69. The Hall–Kier alpha value is -0.600. The van der Waals surface area contributed by atoms with E-state index < -0.39 is 0 Å². The Bertz CT molecular complexity index is 531. The van der Waals surface area contributed by atoms with Crippen LogP contribution in [0.1, 0.15) is 23.6 Å². The Morgan fingerprint density at radius 3 is 2.15 bits per heavy atom. The van der Waals surface area contributed by atoms with E-state index in [0.717, 1.165) is 24.6 Å². The highest BCUT2D eigenvalue weighted by Crippen LogP contribution is 2.23. The van der Waals surface area contributed by atoms with E-state index in [-0.39, 0.29) is 0 Å². The number of rotatable bonds is 6. The van der Waals surface area contributed by atoms with Crippen molar-refractivity contribution >= 4 is 31.9 Å². The number of hydrogen-bond donors (Lipinski definition) is 0. The maximum absolute atomic E-state index is 3.67. The molecule has 2 rings (SSSR count). The third kappa shape index (κ3) is 4.46. The summed E-state index contributed by atoms with van der Waals surface area (Å²) in [5, 5.41) is 1.03. The van der Waals surface area contributed by atoms with Crippen molar-refractivity contribution in [2.24, 2.45) is 5.92 Å². The van der Waals surface area contributed by atoms with Gasteiger partial charge in [0.05, 0.1) is 0 Å². The number of benzene rings is 2. The van der Waals surface area contributed by atoms with Gasteiger partial charge >= 0.3 is 0 Å². The van der Waals surface area contributed by atoms with Gasteiger partial charge in [0.15, 0.2) is 0 Å². The van der Waals surface area contributed by atoms with E-state index in [0.29, 0.717) is 5.92 Å². The van der Waals surface area contributed by atoms with Crippen LogP contribution in [0.5, 0.6) is 0 Å². The van der Waals surface area contributed by atoms with Crippen LogP contribution < -0.4 is 0 Å². The average Bonchev–Trinajstić information content (AvgIpc) is 2.49. The van der Waals surface area contributed by atoms with Gasteiger partial charge in [-0.05, 0) is 47.9 Å². The highest BCUT2D eigenvalue weighted by Gasteiger charge is 2.11. The predicted octanol–water partition coefficient (Wildman–Crippen LogP) is 5.81. The van der Waals surface area contributed by atoms with Crippen molar-refractivity contribution in [3.63, 3.8) is 0 Å². The normalized spacial score (nSPS) is 12.3. The van der Waals surface area contributed by atoms with Gasteiger partial charge in [0.2, 0.25) is 0 Å². The molecule has 0 saturated carbocycles. The molecule has 0 bridgehead atoms. The Balaban J connectivity index is 2.03. The lowest BCUT2D eigenvalue weighted by atomic mass is 9.93. The third-order valence-corrected chi connectivity index (χ3v) is 5.33. The zero-order valence-electron chi connectivity index (χ0n) is 11.8. The van der Waals surface area contributed by atoms with Crippen LogP contribution in [-0.2, 0) is 19.3 Å². The van der Waals surface area contributed by atoms with E-state index in [1.807, 2.05) is 0 Å². The summed E-state index contributed by atoms with van der Waals surface area (Å²) in [6, 6.07) is 17.6. The summed E-state index contributed by atoms with van der Waals surface area (Å²) in [5.41, 5.74) is 4.23. The molecule has 0 heterocycles. The van der Waals surface area contributed by atoms with E-state index in [4.69, 9.17) is 0 Å². The Labute approximate surface area is 138 Å². The zero-order chi connectivity index (χ0) is 14.4. The molecular weight excluding hydrogens is 376 g/mol. The summed E-state index contributed by atoms with van der Waals surface area (Å²) in [6.45, 7) is 2.20. The van der Waals surface area contributed by atoms with Crippen molar-refractivity contribution in [3.05, 3.63) is 69.7 Å². The van der Waals surface area contributed by atoms with Crippen LogP contribution in [-0.4, -0.2) is 5.33 Å². The SMILES string of the molecule is CCc1ccc(CC(CBr)Cc2ccccc2Br)cc1. The van der Waals surface area contributed by atoms with Crippen molar-refractivity contribution in [2.45, 2.75) is 26.2 Å². The second-order valence-electron chi connectivity index (χ2n) is 5.19. The summed E-state index contributed by atoms with van der Waals surface area (Å²) >= 11 is 7.31. The Kier molecular flexibility index (Phi) is 6.31. The summed E-state index contributed by atoms with van der Waals surface area (Å²) < 4.78 is 1.22. The number of aryl methyl sites for hydroxylation is 1. The van der Waals surface area contributed by atoms with Crippen LogP contribution in [0.15, 0.2) is 53.0 Å². The summed E-state index contributed by atoms with van der Waals surface area (Å²) in [5.74, 6) is 0.626. The van der Waals surface area contributed by atoms with Gasteiger partial charge in [-0.15, -0.1) is 0 Å². The molecule has 1 unspecified atom stereocenters. The van der Waals surface area contributed by atoms with Crippen molar-refractivity contribution < 1.29 is 0 Å². The molecule has 0 N–H and O–H groups in total. The molecule has 1 atom stereocenters. The van der Waals surface area contributed by atoms with Crippen LogP contribution in [0, 0.1) is 5.92 Å². The fourth-order valence-corrected chi connectivity index (χ4v) is 3.31. The Morgan fingerprint density at radius 1 is 0.900 bits per heavy atom. The molecule has 0 aliphatic rings. The van der Waals surface area contributed by atoms with Gasteiger partial charge in [0, 0.05) is 9.80 Å². The first-order valence-corrected chi connectivity index (χ1v) is 9.01. The van der Waals surface area contributed by atoms with Crippen LogP contribution in [0.3, 0.4) is 0 Å². The van der Waals surface area contributed by atoms with Crippen molar-refractivity contribution in [3.8, 4) is 0 Å². The lowest BCUT2D eigenvalue weighted by Gasteiger charge is -2.15. The third-order valence-electron chi connectivity index (χ3n) is 3.64. The van der Waals surface area contributed by atoms with Gasteiger partial charge in [0.1, 0.15) is 0 Å². The maximum Gasteiger partial charge on any atom is 0.0207 e. The van der Waals surface area contributed by atoms with E-state index in [2.05, 4.69) is 87.3 Å². The van der Waals surface area contributed by atoms with E-state index in [9.17, 15) is 0 Å². The van der Waals surface area contributed by atoms with Crippen molar-refractivity contribution in [1.29, 1.82) is 0 Å². The fraction of sp³-hybridized carbons (Fsp3) is 0.333. The second kappa shape index (κ2) is 7.99.